The maximum atomic E-state index is 12.9. The molecule has 0 aliphatic carbocycles. The van der Waals surface area contributed by atoms with Crippen molar-refractivity contribution in [1.82, 2.24) is 0 Å². The monoisotopic (exact) mass is 528 g/mol. The van der Waals surface area contributed by atoms with Crippen molar-refractivity contribution in [3.05, 3.63) is 58.7 Å². The van der Waals surface area contributed by atoms with Gasteiger partial charge in [-0.3, -0.25) is 4.79 Å². The van der Waals surface area contributed by atoms with Crippen molar-refractivity contribution < 1.29 is 31.9 Å². The number of carboxylic acid groups (broad SMARTS) is 1. The van der Waals surface area contributed by atoms with E-state index < -0.39 is 21.7 Å². The van der Waals surface area contributed by atoms with Gasteiger partial charge in [0.25, 0.3) is 0 Å². The molecule has 1 aliphatic rings. The van der Waals surface area contributed by atoms with E-state index in [2.05, 4.69) is 24.8 Å². The Kier molecular flexibility index (Phi) is 7.70. The number of hydrogen-bond acceptors (Lipinski definition) is 7. The zero-order valence-corrected chi connectivity index (χ0v) is 21.9. The highest BCUT2D eigenvalue weighted by molar-refractivity contribution is 7.85. The van der Waals surface area contributed by atoms with Gasteiger partial charge in [0.15, 0.2) is 12.4 Å². The fourth-order valence-electron chi connectivity index (χ4n) is 4.84. The van der Waals surface area contributed by atoms with Gasteiger partial charge in [-0.2, -0.15) is 0 Å². The second kappa shape index (κ2) is 10.6. The third kappa shape index (κ3) is 6.56. The lowest BCUT2D eigenvalue weighted by Gasteiger charge is -2.40. The number of fused-ring (bicyclic) bond motifs is 2. The summed E-state index contributed by atoms with van der Waals surface area (Å²) in [6.07, 6.45) is 6.07. The van der Waals surface area contributed by atoms with Gasteiger partial charge in [0.2, 0.25) is 0 Å². The Labute approximate surface area is 216 Å². The number of carbonyl (C=O) groups is 1. The molecule has 0 saturated carbocycles. The largest absolute Gasteiger partial charge is 0.748 e. The van der Waals surface area contributed by atoms with Crippen molar-refractivity contribution in [2.45, 2.75) is 57.9 Å². The lowest BCUT2D eigenvalue weighted by Crippen LogP contribution is -2.38. The van der Waals surface area contributed by atoms with Crippen molar-refractivity contribution in [2.24, 2.45) is 0 Å². The maximum Gasteiger partial charge on any atom is 0.344 e. The molecule has 0 fully saturated rings. The van der Waals surface area contributed by atoms with Gasteiger partial charge in [-0.15, -0.1) is 0 Å². The number of anilines is 1. The molecule has 2 aromatic heterocycles. The van der Waals surface area contributed by atoms with Crippen molar-refractivity contribution in [2.75, 3.05) is 23.7 Å². The number of aliphatic carboxylic acids is 1. The first-order valence-corrected chi connectivity index (χ1v) is 14.0. The fourth-order valence-corrected chi connectivity index (χ4v) is 5.40. The molecule has 0 atom stereocenters. The van der Waals surface area contributed by atoms with E-state index in [1.54, 1.807) is 0 Å². The summed E-state index contributed by atoms with van der Waals surface area (Å²) < 4.78 is 39.8. The van der Waals surface area contributed by atoms with Gasteiger partial charge in [0.05, 0.1) is 15.7 Å². The first kappa shape index (κ1) is 26.8. The topological polar surface area (TPSA) is 132 Å². The summed E-state index contributed by atoms with van der Waals surface area (Å²) in [4.78, 5) is 26.0. The molecule has 0 bridgehead atoms. The van der Waals surface area contributed by atoms with E-state index in [1.165, 1.54) is 0 Å². The lowest BCUT2D eigenvalue weighted by atomic mass is 9.77. The van der Waals surface area contributed by atoms with Gasteiger partial charge in [-0.1, -0.05) is 13.8 Å². The number of pyridine rings is 1. The minimum Gasteiger partial charge on any atom is -0.748 e. The summed E-state index contributed by atoms with van der Waals surface area (Å²) in [5, 5.41) is 9.83. The van der Waals surface area contributed by atoms with Gasteiger partial charge < -0.3 is 19.0 Å². The standard InChI is InChI=1S/C27H32N2O7S/c1-27(2)9-14-29(11-5-6-25(30)31)23-18-24-20(17-22(23)27)16-21(26(32)36-24)19-7-12-28(13-8-19)10-3-4-15-37(33,34)35/h7-8,12-13,16-18H,3-6,9-11,14-15H2,1-2H3,(H-,30,31,33,34,35). The summed E-state index contributed by atoms with van der Waals surface area (Å²) in [5.74, 6) is -1.18. The number of benzene rings is 1. The fraction of sp³-hybridized carbons (Fsp3) is 0.444. The Bertz CT molecular complexity index is 1460. The van der Waals surface area contributed by atoms with E-state index in [1.807, 2.05) is 41.2 Å². The number of nitrogens with zero attached hydrogens (tertiary/aromatic N) is 2. The first-order chi connectivity index (χ1) is 17.4. The summed E-state index contributed by atoms with van der Waals surface area (Å²) in [6.45, 7) is 6.37. The number of carboxylic acids is 1. The Morgan fingerprint density at radius 2 is 1.89 bits per heavy atom. The molecule has 1 aliphatic heterocycles. The van der Waals surface area contributed by atoms with Crippen LogP contribution in [0.25, 0.3) is 22.1 Å². The van der Waals surface area contributed by atoms with E-state index in [4.69, 9.17) is 9.52 Å². The molecule has 3 aromatic rings. The van der Waals surface area contributed by atoms with Gasteiger partial charge in [0.1, 0.15) is 12.1 Å². The second-order valence-corrected chi connectivity index (χ2v) is 11.8. The lowest BCUT2D eigenvalue weighted by molar-refractivity contribution is -0.697. The predicted molar refractivity (Wildman–Crippen MR) is 139 cm³/mol. The van der Waals surface area contributed by atoms with Crippen LogP contribution in [0.15, 0.2) is 51.9 Å². The number of aromatic nitrogens is 1. The minimum atomic E-state index is -4.20. The molecule has 9 nitrogen and oxygen atoms in total. The third-order valence-corrected chi connectivity index (χ3v) is 7.80. The Balaban J connectivity index is 1.59. The van der Waals surface area contributed by atoms with Crippen molar-refractivity contribution in [3.63, 3.8) is 0 Å². The zero-order chi connectivity index (χ0) is 26.8. The molecule has 198 valence electrons. The average Bonchev–Trinajstić information content (AvgIpc) is 2.82. The molecule has 0 saturated heterocycles. The Hall–Kier alpha value is -3.24. The highest BCUT2D eigenvalue weighted by Gasteiger charge is 2.32. The third-order valence-electron chi connectivity index (χ3n) is 7.01. The maximum absolute atomic E-state index is 12.9. The summed E-state index contributed by atoms with van der Waals surface area (Å²) >= 11 is 0. The van der Waals surface area contributed by atoms with Crippen molar-refractivity contribution in [1.29, 1.82) is 0 Å². The number of unbranched alkanes of at least 4 members (excludes halogenated alkanes) is 1. The van der Waals surface area contributed by atoms with Crippen LogP contribution in [0.1, 0.15) is 51.5 Å². The molecule has 0 radical (unpaired) electrons. The van der Waals surface area contributed by atoms with Gasteiger partial charge in [-0.05, 0) is 42.4 Å². The van der Waals surface area contributed by atoms with Crippen LogP contribution in [0.3, 0.4) is 0 Å². The highest BCUT2D eigenvalue weighted by atomic mass is 32.2. The molecule has 1 N–H and O–H groups in total. The van der Waals surface area contributed by atoms with Gasteiger partial charge >= 0.3 is 11.6 Å². The molecule has 3 heterocycles. The molecule has 0 amide bonds. The molecule has 1 aromatic carbocycles. The smallest absolute Gasteiger partial charge is 0.344 e. The first-order valence-electron chi connectivity index (χ1n) is 12.5. The Morgan fingerprint density at radius 3 is 2.57 bits per heavy atom. The van der Waals surface area contributed by atoms with Gasteiger partial charge in [0, 0.05) is 66.5 Å². The highest BCUT2D eigenvalue weighted by Crippen LogP contribution is 2.42. The molecule has 37 heavy (non-hydrogen) atoms. The molecular formula is C27H32N2O7S. The molecule has 4 rings (SSSR count). The van der Waals surface area contributed by atoms with Crippen LogP contribution in [0.5, 0.6) is 0 Å². The van der Waals surface area contributed by atoms with Gasteiger partial charge in [-0.25, -0.2) is 17.8 Å². The van der Waals surface area contributed by atoms with E-state index in [-0.39, 0.29) is 17.6 Å². The quantitative estimate of drug-likeness (QED) is 0.183. The number of hydrogen-bond donors (Lipinski definition) is 1. The van der Waals surface area contributed by atoms with E-state index in [9.17, 15) is 22.6 Å². The van der Waals surface area contributed by atoms with Crippen LogP contribution in [-0.2, 0) is 26.9 Å². The summed E-state index contributed by atoms with van der Waals surface area (Å²) in [5.41, 5.74) is 3.26. The molecule has 0 unspecified atom stereocenters. The van der Waals surface area contributed by atoms with E-state index in [0.717, 1.165) is 29.6 Å². The number of rotatable bonds is 10. The van der Waals surface area contributed by atoms with Crippen molar-refractivity contribution in [3.8, 4) is 11.1 Å². The van der Waals surface area contributed by atoms with E-state index in [0.29, 0.717) is 49.1 Å². The predicted octanol–water partition coefficient (Wildman–Crippen LogP) is 3.43. The zero-order valence-electron chi connectivity index (χ0n) is 21.1. The van der Waals surface area contributed by atoms with Crippen LogP contribution < -0.4 is 15.1 Å². The SMILES string of the molecule is CC1(C)CCN(CCCC(=O)O)c2cc3oc(=O)c(-c4cc[n+](CCCCS(=O)(=O)[O-])cc4)cc3cc21. The van der Waals surface area contributed by atoms with Crippen LogP contribution in [0.4, 0.5) is 5.69 Å². The normalized spacial score (nSPS) is 15.1. The van der Waals surface area contributed by atoms with Crippen LogP contribution in [0.2, 0.25) is 0 Å². The molecular weight excluding hydrogens is 496 g/mol. The van der Waals surface area contributed by atoms with E-state index >= 15 is 0 Å². The van der Waals surface area contributed by atoms with Crippen LogP contribution in [-0.4, -0.2) is 42.9 Å². The molecule has 0 spiro atoms. The average molecular weight is 529 g/mol. The molecule has 10 heteroatoms. The number of aryl methyl sites for hydroxylation is 1. The second-order valence-electron chi connectivity index (χ2n) is 10.3. The van der Waals surface area contributed by atoms with Crippen molar-refractivity contribution >= 4 is 32.7 Å². The summed E-state index contributed by atoms with van der Waals surface area (Å²) in [7, 11) is -4.20. The Morgan fingerprint density at radius 1 is 1.16 bits per heavy atom. The van der Waals surface area contributed by atoms with Crippen LogP contribution >= 0.6 is 0 Å². The summed E-state index contributed by atoms with van der Waals surface area (Å²) in [6, 6.07) is 9.45. The minimum absolute atomic E-state index is 0.0766. The van der Waals surface area contributed by atoms with Crippen LogP contribution in [0, 0.1) is 0 Å².